The first-order valence-corrected chi connectivity index (χ1v) is 11.9. The quantitative estimate of drug-likeness (QED) is 0.467. The van der Waals surface area contributed by atoms with Crippen LogP contribution in [0.25, 0.3) is 0 Å². The Hall–Kier alpha value is -3.16. The number of nitrogens with zero attached hydrogens (tertiary/aromatic N) is 2. The molecule has 0 saturated carbocycles. The highest BCUT2D eigenvalue weighted by Crippen LogP contribution is 2.19. The predicted molar refractivity (Wildman–Crippen MR) is 125 cm³/mol. The number of likely N-dealkylation sites (N-methyl/N-ethyl adjacent to an activating group) is 1. The minimum atomic E-state index is -3.81. The average molecular weight is 453 g/mol. The number of carbonyl (C=O) groups excluding carboxylic acids is 1. The van der Waals surface area contributed by atoms with E-state index in [1.165, 1.54) is 19.2 Å². The highest BCUT2D eigenvalue weighted by molar-refractivity contribution is 7.89. The van der Waals surface area contributed by atoms with Gasteiger partial charge in [0, 0.05) is 20.1 Å². The minimum absolute atomic E-state index is 0.119. The van der Waals surface area contributed by atoms with Crippen molar-refractivity contribution >= 4 is 15.9 Å². The lowest BCUT2D eigenvalue weighted by atomic mass is 10.1. The van der Waals surface area contributed by atoms with Crippen LogP contribution in [0.4, 0.5) is 0 Å². The Bertz CT molecular complexity index is 1060. The third-order valence-electron chi connectivity index (χ3n) is 4.99. The van der Waals surface area contributed by atoms with Gasteiger partial charge in [-0.05, 0) is 42.3 Å². The number of carbonyl (C=O) groups is 1. The molecule has 0 aliphatic rings. The number of amides is 1. The monoisotopic (exact) mass is 452 g/mol. The van der Waals surface area contributed by atoms with E-state index in [9.17, 15) is 13.2 Å². The van der Waals surface area contributed by atoms with Crippen LogP contribution in [0.5, 0.6) is 5.75 Å². The Labute approximate surface area is 190 Å². The number of hydrogen-bond donors (Lipinski definition) is 0. The van der Waals surface area contributed by atoms with Gasteiger partial charge in [-0.1, -0.05) is 60.7 Å². The Morgan fingerprint density at radius 2 is 1.31 bits per heavy atom. The summed E-state index contributed by atoms with van der Waals surface area (Å²) >= 11 is 0. The average Bonchev–Trinajstić information content (AvgIpc) is 2.80. The molecule has 0 radical (unpaired) electrons. The zero-order chi connectivity index (χ0) is 23.0. The van der Waals surface area contributed by atoms with Crippen molar-refractivity contribution in [2.24, 2.45) is 0 Å². The van der Waals surface area contributed by atoms with Gasteiger partial charge in [0.25, 0.3) is 0 Å². The molecule has 32 heavy (non-hydrogen) atoms. The molecule has 3 aromatic carbocycles. The summed E-state index contributed by atoms with van der Waals surface area (Å²) in [6.45, 7) is 2.89. The summed E-state index contributed by atoms with van der Waals surface area (Å²) in [5.74, 6) is 0.330. The maximum Gasteiger partial charge on any atom is 0.243 e. The number of ether oxygens (including phenoxy) is 1. The fraction of sp³-hybridized carbons (Fsp3) is 0.240. The molecule has 0 N–H and O–H groups in total. The van der Waals surface area contributed by atoms with Crippen LogP contribution in [0.3, 0.4) is 0 Å². The molecule has 0 spiro atoms. The second-order valence-corrected chi connectivity index (χ2v) is 9.43. The number of benzene rings is 3. The molecule has 0 fully saturated rings. The highest BCUT2D eigenvalue weighted by atomic mass is 32.2. The van der Waals surface area contributed by atoms with Gasteiger partial charge in [0.1, 0.15) is 5.75 Å². The number of hydrogen-bond acceptors (Lipinski definition) is 4. The van der Waals surface area contributed by atoms with Crippen LogP contribution in [0, 0.1) is 0 Å². The molecule has 0 aliphatic carbocycles. The van der Waals surface area contributed by atoms with Crippen molar-refractivity contribution in [1.29, 1.82) is 0 Å². The molecule has 0 unspecified atom stereocenters. The molecular weight excluding hydrogens is 424 g/mol. The van der Waals surface area contributed by atoms with E-state index >= 15 is 0 Å². The van der Waals surface area contributed by atoms with Crippen LogP contribution in [-0.2, 0) is 27.9 Å². The SMILES string of the molecule is CCOc1ccc(S(=O)(=O)N(C)CC(=O)N(Cc2ccccc2)Cc2ccccc2)cc1. The zero-order valence-electron chi connectivity index (χ0n) is 18.3. The maximum absolute atomic E-state index is 13.2. The lowest BCUT2D eigenvalue weighted by Gasteiger charge is -2.26. The Balaban J connectivity index is 1.76. The fourth-order valence-corrected chi connectivity index (χ4v) is 4.39. The first-order valence-electron chi connectivity index (χ1n) is 10.4. The van der Waals surface area contributed by atoms with E-state index < -0.39 is 10.0 Å². The third-order valence-corrected chi connectivity index (χ3v) is 6.80. The largest absolute Gasteiger partial charge is 0.494 e. The smallest absolute Gasteiger partial charge is 0.243 e. The molecule has 7 heteroatoms. The topological polar surface area (TPSA) is 66.9 Å². The van der Waals surface area contributed by atoms with Gasteiger partial charge < -0.3 is 9.64 Å². The van der Waals surface area contributed by atoms with Crippen molar-refractivity contribution in [3.05, 3.63) is 96.1 Å². The van der Waals surface area contributed by atoms with Crippen LogP contribution >= 0.6 is 0 Å². The molecular formula is C25H28N2O4S. The summed E-state index contributed by atoms with van der Waals surface area (Å²) in [6, 6.07) is 25.5. The van der Waals surface area contributed by atoms with E-state index in [1.807, 2.05) is 67.6 Å². The molecule has 0 heterocycles. The lowest BCUT2D eigenvalue weighted by Crippen LogP contribution is -2.40. The van der Waals surface area contributed by atoms with Gasteiger partial charge in [-0.15, -0.1) is 0 Å². The van der Waals surface area contributed by atoms with E-state index in [0.717, 1.165) is 15.4 Å². The van der Waals surface area contributed by atoms with Crippen molar-refractivity contribution in [3.63, 3.8) is 0 Å². The predicted octanol–water partition coefficient (Wildman–Crippen LogP) is 3.93. The van der Waals surface area contributed by atoms with Gasteiger partial charge in [0.05, 0.1) is 18.0 Å². The summed E-state index contributed by atoms with van der Waals surface area (Å²) in [5, 5.41) is 0. The molecule has 168 valence electrons. The summed E-state index contributed by atoms with van der Waals surface area (Å²) in [6.07, 6.45) is 0. The molecule has 1 amide bonds. The first-order chi connectivity index (χ1) is 15.4. The standard InChI is InChI=1S/C25H28N2O4S/c1-3-31-23-14-16-24(17-15-23)32(29,30)26(2)20-25(28)27(18-21-10-6-4-7-11-21)19-22-12-8-5-9-13-22/h4-17H,3,18-20H2,1-2H3. The Morgan fingerprint density at radius 1 is 0.812 bits per heavy atom. The first kappa shape index (κ1) is 23.5. The van der Waals surface area contributed by atoms with Crippen LogP contribution in [0.2, 0.25) is 0 Å². The van der Waals surface area contributed by atoms with E-state index in [4.69, 9.17) is 4.74 Å². The summed E-state index contributed by atoms with van der Waals surface area (Å²) in [5.41, 5.74) is 1.96. The van der Waals surface area contributed by atoms with Crippen LogP contribution in [-0.4, -0.2) is 43.7 Å². The normalized spacial score (nSPS) is 11.3. The van der Waals surface area contributed by atoms with E-state index in [0.29, 0.717) is 25.4 Å². The second kappa shape index (κ2) is 10.9. The molecule has 0 aromatic heterocycles. The number of sulfonamides is 1. The minimum Gasteiger partial charge on any atom is -0.494 e. The van der Waals surface area contributed by atoms with Gasteiger partial charge in [0.15, 0.2) is 0 Å². The molecule has 3 aromatic rings. The molecule has 3 rings (SSSR count). The van der Waals surface area contributed by atoms with Crippen molar-refractivity contribution < 1.29 is 17.9 Å². The fourth-order valence-electron chi connectivity index (χ4n) is 3.27. The molecule has 0 bridgehead atoms. The van der Waals surface area contributed by atoms with Gasteiger partial charge >= 0.3 is 0 Å². The Morgan fingerprint density at radius 3 is 1.78 bits per heavy atom. The Kier molecular flexibility index (Phi) is 8.03. The van der Waals surface area contributed by atoms with Crippen LogP contribution < -0.4 is 4.74 Å². The zero-order valence-corrected chi connectivity index (χ0v) is 19.2. The van der Waals surface area contributed by atoms with Crippen molar-refractivity contribution in [3.8, 4) is 5.75 Å². The van der Waals surface area contributed by atoms with Crippen molar-refractivity contribution in [2.75, 3.05) is 20.2 Å². The van der Waals surface area contributed by atoms with Crippen LogP contribution in [0.15, 0.2) is 89.8 Å². The molecule has 0 aliphatic heterocycles. The lowest BCUT2D eigenvalue weighted by molar-refractivity contribution is -0.132. The summed E-state index contributed by atoms with van der Waals surface area (Å²) in [7, 11) is -2.39. The van der Waals surface area contributed by atoms with E-state index in [-0.39, 0.29) is 17.3 Å². The maximum atomic E-state index is 13.2. The van der Waals surface area contributed by atoms with E-state index in [1.54, 1.807) is 17.0 Å². The third kappa shape index (κ3) is 6.18. The van der Waals surface area contributed by atoms with Gasteiger partial charge in [0.2, 0.25) is 15.9 Å². The van der Waals surface area contributed by atoms with Gasteiger partial charge in [-0.25, -0.2) is 8.42 Å². The molecule has 0 atom stereocenters. The van der Waals surface area contributed by atoms with Gasteiger partial charge in [-0.2, -0.15) is 4.31 Å². The summed E-state index contributed by atoms with van der Waals surface area (Å²) < 4.78 is 32.4. The highest BCUT2D eigenvalue weighted by Gasteiger charge is 2.25. The van der Waals surface area contributed by atoms with Crippen LogP contribution in [0.1, 0.15) is 18.1 Å². The van der Waals surface area contributed by atoms with E-state index in [2.05, 4.69) is 0 Å². The van der Waals surface area contributed by atoms with Crippen molar-refractivity contribution in [2.45, 2.75) is 24.9 Å². The second-order valence-electron chi connectivity index (χ2n) is 7.39. The number of rotatable bonds is 10. The summed E-state index contributed by atoms with van der Waals surface area (Å²) in [4.78, 5) is 15.0. The molecule has 6 nitrogen and oxygen atoms in total. The molecule has 0 saturated heterocycles. The van der Waals surface area contributed by atoms with Crippen molar-refractivity contribution in [1.82, 2.24) is 9.21 Å². The van der Waals surface area contributed by atoms with Gasteiger partial charge in [-0.3, -0.25) is 4.79 Å².